The van der Waals surface area contributed by atoms with Gasteiger partial charge in [-0.15, -0.1) is 0 Å². The van der Waals surface area contributed by atoms with Gasteiger partial charge < -0.3 is 15.2 Å². The first-order valence-electron chi connectivity index (χ1n) is 8.33. The molecular formula is C16H26N4O3. The molecular weight excluding hydrogens is 296 g/mol. The summed E-state index contributed by atoms with van der Waals surface area (Å²) in [6, 6.07) is 0.146. The third kappa shape index (κ3) is 3.57. The van der Waals surface area contributed by atoms with Crippen LogP contribution in [0.4, 0.5) is 0 Å². The summed E-state index contributed by atoms with van der Waals surface area (Å²) < 4.78 is 7.06. The topological polar surface area (TPSA) is 79.6 Å². The Labute approximate surface area is 136 Å². The number of carbonyl (C=O) groups is 1. The number of aromatic nitrogens is 2. The summed E-state index contributed by atoms with van der Waals surface area (Å²) in [6.45, 7) is 3.02. The van der Waals surface area contributed by atoms with E-state index in [-0.39, 0.29) is 18.1 Å². The Kier molecular flexibility index (Phi) is 4.99. The third-order valence-electron chi connectivity index (χ3n) is 5.00. The van der Waals surface area contributed by atoms with Gasteiger partial charge in [0, 0.05) is 20.3 Å². The van der Waals surface area contributed by atoms with Gasteiger partial charge in [-0.25, -0.2) is 0 Å². The van der Waals surface area contributed by atoms with Crippen molar-refractivity contribution in [3.63, 3.8) is 0 Å². The van der Waals surface area contributed by atoms with E-state index in [1.165, 1.54) is 0 Å². The Hall–Kier alpha value is -1.44. The van der Waals surface area contributed by atoms with Gasteiger partial charge in [0.1, 0.15) is 0 Å². The Morgan fingerprint density at radius 1 is 1.43 bits per heavy atom. The van der Waals surface area contributed by atoms with E-state index in [0.29, 0.717) is 24.7 Å². The van der Waals surface area contributed by atoms with Crippen LogP contribution in [0.15, 0.2) is 6.20 Å². The molecule has 128 valence electrons. The van der Waals surface area contributed by atoms with E-state index in [2.05, 4.69) is 15.3 Å². The van der Waals surface area contributed by atoms with Gasteiger partial charge in [-0.05, 0) is 38.3 Å². The zero-order valence-corrected chi connectivity index (χ0v) is 13.9. The second-order valence-electron chi connectivity index (χ2n) is 6.60. The van der Waals surface area contributed by atoms with Crippen molar-refractivity contribution in [2.75, 3.05) is 33.4 Å². The van der Waals surface area contributed by atoms with Gasteiger partial charge in [-0.3, -0.25) is 14.4 Å². The van der Waals surface area contributed by atoms with Crippen molar-refractivity contribution < 1.29 is 14.6 Å². The normalized spacial score (nSPS) is 26.6. The highest BCUT2D eigenvalue weighted by Crippen LogP contribution is 2.25. The SMILES string of the molecule is CNC(=O)c1cn(C)nc1CC1CCN([C@@H]2COC[C@H]2O)CC1. The van der Waals surface area contributed by atoms with Crippen LogP contribution in [0.25, 0.3) is 0 Å². The highest BCUT2D eigenvalue weighted by atomic mass is 16.5. The number of rotatable bonds is 4. The Balaban J connectivity index is 1.58. The van der Waals surface area contributed by atoms with Gasteiger partial charge in [0.15, 0.2) is 0 Å². The largest absolute Gasteiger partial charge is 0.389 e. The number of amides is 1. The molecule has 3 heterocycles. The van der Waals surface area contributed by atoms with E-state index < -0.39 is 0 Å². The lowest BCUT2D eigenvalue weighted by Gasteiger charge is -2.36. The predicted octanol–water partition coefficient (Wildman–Crippen LogP) is -0.206. The second kappa shape index (κ2) is 6.98. The first-order valence-corrected chi connectivity index (χ1v) is 8.33. The maximum absolute atomic E-state index is 11.9. The number of nitrogens with zero attached hydrogens (tertiary/aromatic N) is 3. The summed E-state index contributed by atoms with van der Waals surface area (Å²) in [7, 11) is 3.49. The molecule has 2 fully saturated rings. The number of hydrogen-bond donors (Lipinski definition) is 2. The molecule has 1 amide bonds. The lowest BCUT2D eigenvalue weighted by molar-refractivity contribution is 0.0586. The zero-order valence-electron chi connectivity index (χ0n) is 13.9. The van der Waals surface area contributed by atoms with E-state index in [1.54, 1.807) is 17.9 Å². The minimum Gasteiger partial charge on any atom is -0.389 e. The third-order valence-corrected chi connectivity index (χ3v) is 5.00. The lowest BCUT2D eigenvalue weighted by Crippen LogP contribution is -2.47. The summed E-state index contributed by atoms with van der Waals surface area (Å²) in [5, 5.41) is 17.1. The van der Waals surface area contributed by atoms with E-state index in [9.17, 15) is 9.90 Å². The van der Waals surface area contributed by atoms with E-state index in [0.717, 1.165) is 38.0 Å². The number of aliphatic hydroxyl groups excluding tert-OH is 1. The first kappa shape index (κ1) is 16.4. The van der Waals surface area contributed by atoms with Gasteiger partial charge in [-0.2, -0.15) is 5.10 Å². The fourth-order valence-electron chi connectivity index (χ4n) is 3.65. The second-order valence-corrected chi connectivity index (χ2v) is 6.60. The van der Waals surface area contributed by atoms with Crippen LogP contribution in [0.3, 0.4) is 0 Å². The van der Waals surface area contributed by atoms with Gasteiger partial charge >= 0.3 is 0 Å². The van der Waals surface area contributed by atoms with Crippen LogP contribution in [0.5, 0.6) is 0 Å². The van der Waals surface area contributed by atoms with Crippen molar-refractivity contribution in [2.24, 2.45) is 13.0 Å². The molecule has 0 bridgehead atoms. The first-order chi connectivity index (χ1) is 11.1. The molecule has 2 aliphatic rings. The summed E-state index contributed by atoms with van der Waals surface area (Å²) in [6.07, 6.45) is 4.39. The average molecular weight is 322 g/mol. The molecule has 0 saturated carbocycles. The van der Waals surface area contributed by atoms with Crippen molar-refractivity contribution in [3.8, 4) is 0 Å². The molecule has 0 spiro atoms. The smallest absolute Gasteiger partial charge is 0.254 e. The molecule has 7 nitrogen and oxygen atoms in total. The fourth-order valence-corrected chi connectivity index (χ4v) is 3.65. The number of nitrogens with one attached hydrogen (secondary N) is 1. The minimum absolute atomic E-state index is 0.0724. The molecule has 7 heteroatoms. The van der Waals surface area contributed by atoms with Crippen LogP contribution in [-0.2, 0) is 18.2 Å². The number of hydrogen-bond acceptors (Lipinski definition) is 5. The van der Waals surface area contributed by atoms with Gasteiger partial charge in [0.05, 0.1) is 36.6 Å². The Morgan fingerprint density at radius 2 is 2.17 bits per heavy atom. The molecule has 23 heavy (non-hydrogen) atoms. The number of carbonyl (C=O) groups excluding carboxylic acids is 1. The van der Waals surface area contributed by atoms with E-state index >= 15 is 0 Å². The quantitative estimate of drug-likeness (QED) is 0.802. The molecule has 2 aliphatic heterocycles. The summed E-state index contributed by atoms with van der Waals surface area (Å²) in [5.41, 5.74) is 1.56. The minimum atomic E-state index is -0.359. The van der Waals surface area contributed by atoms with Crippen molar-refractivity contribution >= 4 is 5.91 Å². The van der Waals surface area contributed by atoms with Crippen LogP contribution in [0.1, 0.15) is 28.9 Å². The number of aliphatic hydroxyl groups is 1. The molecule has 0 aliphatic carbocycles. The molecule has 0 unspecified atom stereocenters. The Morgan fingerprint density at radius 3 is 2.78 bits per heavy atom. The van der Waals surface area contributed by atoms with Crippen molar-refractivity contribution in [1.29, 1.82) is 0 Å². The van der Waals surface area contributed by atoms with Crippen molar-refractivity contribution in [2.45, 2.75) is 31.4 Å². The molecule has 2 saturated heterocycles. The highest BCUT2D eigenvalue weighted by molar-refractivity contribution is 5.94. The molecule has 3 rings (SSSR count). The summed E-state index contributed by atoms with van der Waals surface area (Å²) >= 11 is 0. The molecule has 1 aromatic heterocycles. The molecule has 2 atom stereocenters. The maximum atomic E-state index is 11.9. The van der Waals surface area contributed by atoms with Crippen LogP contribution < -0.4 is 5.32 Å². The van der Waals surface area contributed by atoms with E-state index in [4.69, 9.17) is 4.74 Å². The van der Waals surface area contributed by atoms with Gasteiger partial charge in [-0.1, -0.05) is 0 Å². The van der Waals surface area contributed by atoms with Crippen LogP contribution in [0.2, 0.25) is 0 Å². The monoisotopic (exact) mass is 322 g/mol. The van der Waals surface area contributed by atoms with Crippen molar-refractivity contribution in [1.82, 2.24) is 20.0 Å². The van der Waals surface area contributed by atoms with Crippen molar-refractivity contribution in [3.05, 3.63) is 17.5 Å². The standard InChI is InChI=1S/C16H26N4O3/c1-17-16(22)12-8-19(2)18-13(12)7-11-3-5-20(6-4-11)14-9-23-10-15(14)21/h8,11,14-15,21H,3-7,9-10H2,1-2H3,(H,17,22)/t14-,15-/m1/s1. The lowest BCUT2D eigenvalue weighted by atomic mass is 9.90. The predicted molar refractivity (Wildman–Crippen MR) is 85.2 cm³/mol. The van der Waals surface area contributed by atoms with Gasteiger partial charge in [0.25, 0.3) is 5.91 Å². The number of likely N-dealkylation sites (tertiary alicyclic amines) is 1. The molecule has 0 aromatic carbocycles. The number of piperidine rings is 1. The van der Waals surface area contributed by atoms with E-state index in [1.807, 2.05) is 7.05 Å². The highest BCUT2D eigenvalue weighted by Gasteiger charge is 2.34. The maximum Gasteiger partial charge on any atom is 0.254 e. The fraction of sp³-hybridized carbons (Fsp3) is 0.750. The van der Waals surface area contributed by atoms with Crippen LogP contribution in [0, 0.1) is 5.92 Å². The number of ether oxygens (including phenoxy) is 1. The van der Waals surface area contributed by atoms with Gasteiger partial charge in [0.2, 0.25) is 0 Å². The molecule has 2 N–H and O–H groups in total. The average Bonchev–Trinajstić information content (AvgIpc) is 3.13. The Bertz CT molecular complexity index is 552. The zero-order chi connectivity index (χ0) is 16.4. The summed E-state index contributed by atoms with van der Waals surface area (Å²) in [4.78, 5) is 14.3. The summed E-state index contributed by atoms with van der Waals surface area (Å²) in [5.74, 6) is 0.459. The van der Waals surface area contributed by atoms with Crippen LogP contribution in [-0.4, -0.2) is 71.2 Å². The molecule has 0 radical (unpaired) electrons. The molecule has 1 aromatic rings. The number of aryl methyl sites for hydroxylation is 1. The van der Waals surface area contributed by atoms with Crippen LogP contribution >= 0.6 is 0 Å².